The second-order valence-corrected chi connectivity index (χ2v) is 7.08. The van der Waals surface area contributed by atoms with Gasteiger partial charge in [-0.25, -0.2) is 4.98 Å². The van der Waals surface area contributed by atoms with Gasteiger partial charge in [0.1, 0.15) is 11.7 Å². The van der Waals surface area contributed by atoms with Crippen molar-refractivity contribution in [3.63, 3.8) is 0 Å². The monoisotopic (exact) mass is 407 g/mol. The van der Waals surface area contributed by atoms with Gasteiger partial charge in [0.15, 0.2) is 5.82 Å². The molecule has 1 aliphatic rings. The molecule has 0 bridgehead atoms. The molecule has 3 aromatic heterocycles. The maximum atomic E-state index is 13.2. The number of aryl methyl sites for hydroxylation is 2. The topological polar surface area (TPSA) is 118 Å². The van der Waals surface area contributed by atoms with Gasteiger partial charge in [0.2, 0.25) is 0 Å². The van der Waals surface area contributed by atoms with Crippen LogP contribution >= 0.6 is 0 Å². The molecule has 1 saturated heterocycles. The average Bonchev–Trinajstić information content (AvgIpc) is 3.07. The van der Waals surface area contributed by atoms with Crippen molar-refractivity contribution >= 4 is 11.8 Å². The summed E-state index contributed by atoms with van der Waals surface area (Å²) < 4.78 is 5.39. The van der Waals surface area contributed by atoms with Crippen LogP contribution in [0, 0.1) is 13.8 Å². The number of aromatic nitrogens is 5. The zero-order chi connectivity index (χ0) is 21.1. The molecule has 10 nitrogen and oxygen atoms in total. The maximum Gasteiger partial charge on any atom is 0.274 e. The first-order valence-electron chi connectivity index (χ1n) is 9.62. The highest BCUT2D eigenvalue weighted by Crippen LogP contribution is 2.26. The Labute approximate surface area is 173 Å². The minimum absolute atomic E-state index is 0.201. The van der Waals surface area contributed by atoms with Gasteiger partial charge in [0.25, 0.3) is 17.7 Å². The van der Waals surface area contributed by atoms with Gasteiger partial charge in [0, 0.05) is 31.7 Å². The highest BCUT2D eigenvalue weighted by Gasteiger charge is 2.36. The fourth-order valence-corrected chi connectivity index (χ4v) is 3.39. The zero-order valence-corrected chi connectivity index (χ0v) is 16.7. The van der Waals surface area contributed by atoms with Crippen LogP contribution in [0.15, 0.2) is 41.4 Å². The number of hydrogen-bond donors (Lipinski definition) is 0. The van der Waals surface area contributed by atoms with Crippen LogP contribution in [0.5, 0.6) is 0 Å². The molecule has 0 aliphatic carbocycles. The van der Waals surface area contributed by atoms with Crippen molar-refractivity contribution in [3.05, 3.63) is 65.6 Å². The second kappa shape index (κ2) is 8.36. The van der Waals surface area contributed by atoms with Crippen LogP contribution in [0.3, 0.4) is 0 Å². The summed E-state index contributed by atoms with van der Waals surface area (Å²) in [5, 5.41) is 3.86. The van der Waals surface area contributed by atoms with E-state index in [0.29, 0.717) is 36.8 Å². The summed E-state index contributed by atoms with van der Waals surface area (Å²) >= 11 is 0. The minimum atomic E-state index is -0.580. The van der Waals surface area contributed by atoms with Crippen LogP contribution in [-0.2, 0) is 0 Å². The first-order valence-corrected chi connectivity index (χ1v) is 9.62. The molecule has 4 rings (SSSR count). The van der Waals surface area contributed by atoms with Gasteiger partial charge in [-0.2, -0.15) is 4.98 Å². The SMILES string of the molecule is Cc1cnc(C(=O)N2CCCN(C(=O)c3cccnc3)C(c3nc(C)no3)C2)cn1. The van der Waals surface area contributed by atoms with Crippen molar-refractivity contribution in [3.8, 4) is 0 Å². The lowest BCUT2D eigenvalue weighted by Crippen LogP contribution is -2.40. The molecule has 2 amide bonds. The molecule has 1 atom stereocenters. The number of carbonyl (C=O) groups excluding carboxylic acids is 2. The highest BCUT2D eigenvalue weighted by molar-refractivity contribution is 5.94. The third-order valence-electron chi connectivity index (χ3n) is 4.88. The highest BCUT2D eigenvalue weighted by atomic mass is 16.5. The maximum absolute atomic E-state index is 13.2. The van der Waals surface area contributed by atoms with Crippen molar-refractivity contribution in [1.29, 1.82) is 0 Å². The van der Waals surface area contributed by atoms with E-state index < -0.39 is 6.04 Å². The summed E-state index contributed by atoms with van der Waals surface area (Å²) in [5.41, 5.74) is 1.45. The van der Waals surface area contributed by atoms with Crippen molar-refractivity contribution < 1.29 is 14.1 Å². The fraction of sp³-hybridized carbons (Fsp3) is 0.350. The molecule has 0 radical (unpaired) electrons. The van der Waals surface area contributed by atoms with Crippen LogP contribution < -0.4 is 0 Å². The molecule has 0 N–H and O–H groups in total. The molecule has 30 heavy (non-hydrogen) atoms. The average molecular weight is 407 g/mol. The Hall–Kier alpha value is -3.69. The predicted octanol–water partition coefficient (Wildman–Crippen LogP) is 1.60. The number of carbonyl (C=O) groups is 2. The van der Waals surface area contributed by atoms with Crippen LogP contribution in [-0.4, -0.2) is 66.3 Å². The lowest BCUT2D eigenvalue weighted by Gasteiger charge is -2.29. The Morgan fingerprint density at radius 2 is 1.97 bits per heavy atom. The Balaban J connectivity index is 1.65. The van der Waals surface area contributed by atoms with Crippen LogP contribution in [0.2, 0.25) is 0 Å². The van der Waals surface area contributed by atoms with Crippen molar-refractivity contribution in [2.24, 2.45) is 0 Å². The Morgan fingerprint density at radius 1 is 1.10 bits per heavy atom. The molecule has 1 fully saturated rings. The van der Waals surface area contributed by atoms with E-state index >= 15 is 0 Å². The second-order valence-electron chi connectivity index (χ2n) is 7.08. The van der Waals surface area contributed by atoms with E-state index in [2.05, 4.69) is 25.1 Å². The van der Waals surface area contributed by atoms with Gasteiger partial charge in [-0.1, -0.05) is 5.16 Å². The van der Waals surface area contributed by atoms with E-state index in [1.54, 1.807) is 41.2 Å². The van der Waals surface area contributed by atoms with Gasteiger partial charge >= 0.3 is 0 Å². The summed E-state index contributed by atoms with van der Waals surface area (Å²) in [7, 11) is 0. The Bertz CT molecular complexity index is 1040. The third-order valence-corrected chi connectivity index (χ3v) is 4.88. The number of rotatable bonds is 3. The van der Waals surface area contributed by atoms with Crippen molar-refractivity contribution in [2.75, 3.05) is 19.6 Å². The standard InChI is InChI=1S/C20H21N7O3/c1-13-9-23-16(11-22-13)20(29)26-7-4-8-27(19(28)15-5-3-6-21-10-15)17(12-26)18-24-14(2)25-30-18/h3,5-6,9-11,17H,4,7-8,12H2,1-2H3. The number of hydrogen-bond acceptors (Lipinski definition) is 8. The van der Waals surface area contributed by atoms with Crippen molar-refractivity contribution in [1.82, 2.24) is 34.9 Å². The number of amides is 2. The van der Waals surface area contributed by atoms with E-state index in [-0.39, 0.29) is 24.1 Å². The molecule has 10 heteroatoms. The molecular weight excluding hydrogens is 386 g/mol. The lowest BCUT2D eigenvalue weighted by atomic mass is 10.1. The van der Waals surface area contributed by atoms with Gasteiger partial charge in [-0.05, 0) is 32.4 Å². The third kappa shape index (κ3) is 4.02. The zero-order valence-electron chi connectivity index (χ0n) is 16.7. The Kier molecular flexibility index (Phi) is 5.46. The smallest absolute Gasteiger partial charge is 0.274 e. The number of nitrogens with zero attached hydrogens (tertiary/aromatic N) is 7. The molecule has 1 aliphatic heterocycles. The summed E-state index contributed by atoms with van der Waals surface area (Å²) in [4.78, 5) is 46.3. The molecule has 0 aromatic carbocycles. The van der Waals surface area contributed by atoms with E-state index in [1.807, 2.05) is 6.92 Å². The summed E-state index contributed by atoms with van der Waals surface area (Å²) in [5.74, 6) is 0.303. The fourth-order valence-electron chi connectivity index (χ4n) is 3.39. The first-order chi connectivity index (χ1) is 14.5. The summed E-state index contributed by atoms with van der Waals surface area (Å²) in [6, 6.07) is 2.84. The van der Waals surface area contributed by atoms with E-state index in [4.69, 9.17) is 4.52 Å². The van der Waals surface area contributed by atoms with Gasteiger partial charge in [-0.3, -0.25) is 19.6 Å². The predicted molar refractivity (Wildman–Crippen MR) is 104 cm³/mol. The largest absolute Gasteiger partial charge is 0.337 e. The summed E-state index contributed by atoms with van der Waals surface area (Å²) in [6.45, 7) is 4.63. The molecule has 1 unspecified atom stereocenters. The molecule has 3 aromatic rings. The van der Waals surface area contributed by atoms with E-state index in [0.717, 1.165) is 5.69 Å². The molecule has 154 valence electrons. The molecule has 4 heterocycles. The van der Waals surface area contributed by atoms with E-state index in [9.17, 15) is 9.59 Å². The summed E-state index contributed by atoms with van der Waals surface area (Å²) in [6.07, 6.45) is 6.75. The van der Waals surface area contributed by atoms with Crippen LogP contribution in [0.1, 0.15) is 50.7 Å². The lowest BCUT2D eigenvalue weighted by molar-refractivity contribution is 0.0590. The number of pyridine rings is 1. The van der Waals surface area contributed by atoms with E-state index in [1.165, 1.54) is 12.4 Å². The normalized spacial score (nSPS) is 16.9. The van der Waals surface area contributed by atoms with Crippen LogP contribution in [0.25, 0.3) is 0 Å². The molecule has 0 saturated carbocycles. The van der Waals surface area contributed by atoms with Gasteiger partial charge in [0.05, 0.1) is 24.0 Å². The van der Waals surface area contributed by atoms with Crippen LogP contribution in [0.4, 0.5) is 0 Å². The Morgan fingerprint density at radius 3 is 2.63 bits per heavy atom. The quantitative estimate of drug-likeness (QED) is 0.642. The molecule has 0 spiro atoms. The van der Waals surface area contributed by atoms with Gasteiger partial charge in [-0.15, -0.1) is 0 Å². The molecular formula is C20H21N7O3. The first kappa shape index (κ1) is 19.6. The van der Waals surface area contributed by atoms with Gasteiger partial charge < -0.3 is 14.3 Å². The van der Waals surface area contributed by atoms with Crippen molar-refractivity contribution in [2.45, 2.75) is 26.3 Å². The minimum Gasteiger partial charge on any atom is -0.337 e.